The molecule has 1 rings (SSSR count). The molecule has 1 heterocycles. The number of hydrogen-bond acceptors (Lipinski definition) is 2. The van der Waals surface area contributed by atoms with Crippen LogP contribution in [-0.2, 0) is 4.79 Å². The summed E-state index contributed by atoms with van der Waals surface area (Å²) >= 11 is 4.43. The van der Waals surface area contributed by atoms with Crippen LogP contribution in [0.25, 0.3) is 0 Å². The summed E-state index contributed by atoms with van der Waals surface area (Å²) in [5.74, 6) is 0.170. The molecule has 13 heavy (non-hydrogen) atoms. The van der Waals surface area contributed by atoms with Crippen molar-refractivity contribution in [3.63, 3.8) is 0 Å². The van der Waals surface area contributed by atoms with Gasteiger partial charge in [0.15, 0.2) is 6.04 Å². The summed E-state index contributed by atoms with van der Waals surface area (Å²) in [6.45, 7) is 3.64. The van der Waals surface area contributed by atoms with Gasteiger partial charge in [0.1, 0.15) is 0 Å². The van der Waals surface area contributed by atoms with Crippen LogP contribution in [0, 0.1) is 0 Å². The SMILES string of the molecule is CCNC(=O)[C@@H]1C[C@H](S)C[N+]1(C)C. The van der Waals surface area contributed by atoms with Crippen molar-refractivity contribution in [2.45, 2.75) is 24.6 Å². The zero-order valence-electron chi connectivity index (χ0n) is 8.58. The Morgan fingerprint density at radius 1 is 1.62 bits per heavy atom. The summed E-state index contributed by atoms with van der Waals surface area (Å²) in [6.07, 6.45) is 0.891. The lowest BCUT2D eigenvalue weighted by atomic mass is 10.2. The van der Waals surface area contributed by atoms with E-state index in [0.29, 0.717) is 11.8 Å². The zero-order valence-corrected chi connectivity index (χ0v) is 9.47. The average Bonchev–Trinajstić information content (AvgIpc) is 2.24. The summed E-state index contributed by atoms with van der Waals surface area (Å²) in [5, 5.41) is 3.24. The fourth-order valence-electron chi connectivity index (χ4n) is 2.00. The van der Waals surface area contributed by atoms with Crippen molar-refractivity contribution in [1.82, 2.24) is 5.32 Å². The number of carbonyl (C=O) groups excluding carboxylic acids is 1. The van der Waals surface area contributed by atoms with Crippen LogP contribution in [-0.4, -0.2) is 48.9 Å². The van der Waals surface area contributed by atoms with Gasteiger partial charge < -0.3 is 9.80 Å². The highest BCUT2D eigenvalue weighted by atomic mass is 32.1. The normalized spacial score (nSPS) is 31.7. The second-order valence-electron chi connectivity index (χ2n) is 4.26. The van der Waals surface area contributed by atoms with Gasteiger partial charge in [0.2, 0.25) is 0 Å². The predicted molar refractivity (Wildman–Crippen MR) is 56.8 cm³/mol. The number of amides is 1. The number of rotatable bonds is 2. The quantitative estimate of drug-likeness (QED) is 0.489. The second-order valence-corrected chi connectivity index (χ2v) is 4.99. The highest BCUT2D eigenvalue weighted by Crippen LogP contribution is 2.26. The number of nitrogens with zero attached hydrogens (tertiary/aromatic N) is 1. The Morgan fingerprint density at radius 3 is 2.62 bits per heavy atom. The molecule has 1 amide bonds. The molecule has 0 aromatic rings. The largest absolute Gasteiger partial charge is 0.351 e. The number of likely N-dealkylation sites (N-methyl/N-ethyl adjacent to an activating group) is 2. The first-order valence-corrected chi connectivity index (χ1v) is 5.27. The Hall–Kier alpha value is -0.220. The molecule has 1 fully saturated rings. The Labute approximate surface area is 85.5 Å². The van der Waals surface area contributed by atoms with Crippen molar-refractivity contribution >= 4 is 18.5 Å². The molecule has 4 heteroatoms. The number of hydrogen-bond donors (Lipinski definition) is 2. The summed E-state index contributed by atoms with van der Waals surface area (Å²) in [6, 6.07) is 0.0856. The lowest BCUT2D eigenvalue weighted by molar-refractivity contribution is -0.892. The fraction of sp³-hybridized carbons (Fsp3) is 0.889. The third-order valence-electron chi connectivity index (χ3n) is 2.67. The standard InChI is InChI=1S/C9H18N2OS/c1-4-10-9(12)8-5-7(13)6-11(8,2)3/h7-8H,4-6H2,1-3H3,(H-,10,12,13)/p+1/t7-,8-/m0/s1. The van der Waals surface area contributed by atoms with Crippen LogP contribution in [0.15, 0.2) is 0 Å². The van der Waals surface area contributed by atoms with Crippen molar-refractivity contribution in [1.29, 1.82) is 0 Å². The monoisotopic (exact) mass is 203 g/mol. The van der Waals surface area contributed by atoms with Crippen LogP contribution >= 0.6 is 12.6 Å². The second kappa shape index (κ2) is 3.88. The molecule has 0 saturated carbocycles. The van der Waals surface area contributed by atoms with Crippen LogP contribution in [0.2, 0.25) is 0 Å². The maximum Gasteiger partial charge on any atom is 0.278 e. The van der Waals surface area contributed by atoms with Crippen LogP contribution in [0.5, 0.6) is 0 Å². The van der Waals surface area contributed by atoms with E-state index in [-0.39, 0.29) is 11.9 Å². The Kier molecular flexibility index (Phi) is 3.24. The number of quaternary nitrogens is 1. The summed E-state index contributed by atoms with van der Waals surface area (Å²) in [7, 11) is 4.19. The molecule has 1 aliphatic rings. The average molecular weight is 203 g/mol. The molecule has 2 atom stereocenters. The number of thiol groups is 1. The number of carbonyl (C=O) groups is 1. The van der Waals surface area contributed by atoms with Gasteiger partial charge >= 0.3 is 0 Å². The maximum absolute atomic E-state index is 11.6. The van der Waals surface area contributed by atoms with Gasteiger partial charge in [-0.05, 0) is 6.92 Å². The number of likely N-dealkylation sites (tertiary alicyclic amines) is 1. The van der Waals surface area contributed by atoms with Crippen molar-refractivity contribution in [3.05, 3.63) is 0 Å². The molecule has 1 N–H and O–H groups in total. The van der Waals surface area contributed by atoms with E-state index in [1.54, 1.807) is 0 Å². The third-order valence-corrected chi connectivity index (χ3v) is 3.05. The van der Waals surface area contributed by atoms with Crippen LogP contribution in [0.4, 0.5) is 0 Å². The van der Waals surface area contributed by atoms with E-state index in [1.165, 1.54) is 0 Å². The van der Waals surface area contributed by atoms with Crippen LogP contribution in [0.3, 0.4) is 0 Å². The van der Waals surface area contributed by atoms with E-state index in [2.05, 4.69) is 32.0 Å². The topological polar surface area (TPSA) is 29.1 Å². The Bertz CT molecular complexity index is 206. The molecule has 0 aliphatic carbocycles. The molecule has 1 aliphatic heterocycles. The van der Waals surface area contributed by atoms with Gasteiger partial charge in [0.25, 0.3) is 5.91 Å². The van der Waals surface area contributed by atoms with E-state index >= 15 is 0 Å². The third kappa shape index (κ3) is 2.38. The van der Waals surface area contributed by atoms with E-state index in [4.69, 9.17) is 0 Å². The molecule has 0 spiro atoms. The Balaban J connectivity index is 2.64. The van der Waals surface area contributed by atoms with Crippen molar-refractivity contribution in [2.75, 3.05) is 27.2 Å². The van der Waals surface area contributed by atoms with E-state index in [1.807, 2.05) is 6.92 Å². The molecule has 1 saturated heterocycles. The molecule has 0 aromatic heterocycles. The van der Waals surface area contributed by atoms with Gasteiger partial charge in [-0.3, -0.25) is 4.79 Å². The minimum atomic E-state index is 0.0856. The molecule has 0 radical (unpaired) electrons. The molecular weight excluding hydrogens is 184 g/mol. The van der Waals surface area contributed by atoms with Crippen molar-refractivity contribution < 1.29 is 9.28 Å². The minimum Gasteiger partial charge on any atom is -0.351 e. The first-order chi connectivity index (χ1) is 5.97. The molecule has 0 unspecified atom stereocenters. The van der Waals surface area contributed by atoms with Crippen molar-refractivity contribution in [3.8, 4) is 0 Å². The lowest BCUT2D eigenvalue weighted by Gasteiger charge is -2.30. The highest BCUT2D eigenvalue weighted by molar-refractivity contribution is 7.81. The fourth-order valence-corrected chi connectivity index (χ4v) is 2.63. The molecular formula is C9H19N2OS+. The van der Waals surface area contributed by atoms with E-state index < -0.39 is 0 Å². The first kappa shape index (κ1) is 10.9. The zero-order chi connectivity index (χ0) is 10.1. The van der Waals surface area contributed by atoms with Gasteiger partial charge in [-0.2, -0.15) is 12.6 Å². The lowest BCUT2D eigenvalue weighted by Crippen LogP contribution is -2.52. The van der Waals surface area contributed by atoms with E-state index in [9.17, 15) is 4.79 Å². The van der Waals surface area contributed by atoms with Gasteiger partial charge in [0, 0.05) is 13.0 Å². The first-order valence-electron chi connectivity index (χ1n) is 4.76. The highest BCUT2D eigenvalue weighted by Gasteiger charge is 2.43. The summed E-state index contributed by atoms with van der Waals surface area (Å²) in [5.41, 5.74) is 0. The predicted octanol–water partition coefficient (Wildman–Crippen LogP) is 0.270. The van der Waals surface area contributed by atoms with Gasteiger partial charge in [-0.25, -0.2) is 0 Å². The molecule has 0 bridgehead atoms. The van der Waals surface area contributed by atoms with E-state index in [0.717, 1.165) is 17.4 Å². The van der Waals surface area contributed by atoms with Crippen LogP contribution in [0.1, 0.15) is 13.3 Å². The van der Waals surface area contributed by atoms with Gasteiger partial charge in [-0.15, -0.1) is 0 Å². The number of nitrogens with one attached hydrogen (secondary N) is 1. The Morgan fingerprint density at radius 2 is 2.23 bits per heavy atom. The molecule has 0 aromatic carbocycles. The van der Waals surface area contributed by atoms with Gasteiger partial charge in [-0.1, -0.05) is 0 Å². The van der Waals surface area contributed by atoms with Crippen molar-refractivity contribution in [2.24, 2.45) is 0 Å². The summed E-state index contributed by atoms with van der Waals surface area (Å²) < 4.78 is 0.764. The van der Waals surface area contributed by atoms with Crippen LogP contribution < -0.4 is 5.32 Å². The van der Waals surface area contributed by atoms with Gasteiger partial charge in [0.05, 0.1) is 25.9 Å². The molecule has 76 valence electrons. The maximum atomic E-state index is 11.6. The minimum absolute atomic E-state index is 0.0856. The summed E-state index contributed by atoms with van der Waals surface area (Å²) in [4.78, 5) is 11.6. The molecule has 3 nitrogen and oxygen atoms in total. The smallest absolute Gasteiger partial charge is 0.278 e.